The van der Waals surface area contributed by atoms with Crippen LogP contribution in [-0.4, -0.2) is 59.2 Å². The molecule has 2 aliphatic heterocycles. The van der Waals surface area contributed by atoms with Crippen molar-refractivity contribution in [3.8, 4) is 0 Å². The van der Waals surface area contributed by atoms with Gasteiger partial charge in [-0.1, -0.05) is 44.9 Å². The summed E-state index contributed by atoms with van der Waals surface area (Å²) >= 11 is 0. The van der Waals surface area contributed by atoms with Crippen molar-refractivity contribution >= 4 is 28.4 Å². The van der Waals surface area contributed by atoms with Crippen LogP contribution in [0.3, 0.4) is 0 Å². The number of anilines is 1. The van der Waals surface area contributed by atoms with Crippen molar-refractivity contribution in [3.63, 3.8) is 0 Å². The van der Waals surface area contributed by atoms with Gasteiger partial charge < -0.3 is 4.90 Å². The number of hydrogen-bond donors (Lipinski definition) is 1. The van der Waals surface area contributed by atoms with Gasteiger partial charge in [0.05, 0.1) is 17.1 Å². The summed E-state index contributed by atoms with van der Waals surface area (Å²) in [6.07, 6.45) is 12.3. The van der Waals surface area contributed by atoms with Crippen molar-refractivity contribution < 1.29 is 9.59 Å². The third-order valence-corrected chi connectivity index (χ3v) is 8.54. The number of aromatic nitrogens is 2. The van der Waals surface area contributed by atoms with Gasteiger partial charge in [0.2, 0.25) is 11.8 Å². The molecule has 1 saturated carbocycles. The van der Waals surface area contributed by atoms with Gasteiger partial charge in [-0.25, -0.2) is 0 Å². The van der Waals surface area contributed by atoms with Crippen molar-refractivity contribution in [2.24, 2.45) is 13.0 Å². The number of piperidine rings is 1. The van der Waals surface area contributed by atoms with E-state index in [0.717, 1.165) is 48.7 Å². The number of nitrogens with zero attached hydrogens (tertiary/aromatic N) is 4. The van der Waals surface area contributed by atoms with Gasteiger partial charge in [0, 0.05) is 50.7 Å². The highest BCUT2D eigenvalue weighted by Crippen LogP contribution is 2.34. The lowest BCUT2D eigenvalue weighted by Gasteiger charge is -2.37. The topological polar surface area (TPSA) is 70.5 Å². The highest BCUT2D eigenvalue weighted by Gasteiger charge is 2.32. The fourth-order valence-corrected chi connectivity index (χ4v) is 6.44. The number of imide groups is 1. The Kier molecular flexibility index (Phi) is 7.42. The summed E-state index contributed by atoms with van der Waals surface area (Å²) < 4.78 is 1.89. The molecule has 2 amide bonds. The van der Waals surface area contributed by atoms with Crippen LogP contribution in [0.2, 0.25) is 0 Å². The molecule has 3 fully saturated rings. The zero-order chi connectivity index (χ0) is 24.4. The first-order valence-electron chi connectivity index (χ1n) is 13.8. The maximum absolute atomic E-state index is 12.5. The van der Waals surface area contributed by atoms with Crippen molar-refractivity contribution in [3.05, 3.63) is 23.4 Å². The Morgan fingerprint density at radius 1 is 1.00 bits per heavy atom. The van der Waals surface area contributed by atoms with E-state index in [-0.39, 0.29) is 17.7 Å². The molecule has 1 aromatic heterocycles. The number of hydrogen-bond acceptors (Lipinski definition) is 5. The molecule has 1 aromatic carbocycles. The van der Waals surface area contributed by atoms with Crippen LogP contribution in [0.5, 0.6) is 0 Å². The Hall–Kier alpha value is -2.41. The standard InChI is InChI=1S/C28H41N5O2/c1-20-18-23-25(31(2)30-27(23)22-11-12-26(34)29-28(22)35)19-24(20)33-16-14-32(15-17-33)13-7-6-10-21-8-4-3-5-9-21/h18-19,21-22H,3-17H2,1-2H3,(H,29,34,35). The van der Waals surface area contributed by atoms with Gasteiger partial charge in [-0.05, 0) is 49.9 Å². The molecule has 1 aliphatic carbocycles. The van der Waals surface area contributed by atoms with E-state index in [2.05, 4.69) is 34.2 Å². The minimum Gasteiger partial charge on any atom is -0.369 e. The zero-order valence-corrected chi connectivity index (χ0v) is 21.5. The van der Waals surface area contributed by atoms with Crippen molar-refractivity contribution in [2.45, 2.75) is 77.0 Å². The van der Waals surface area contributed by atoms with Gasteiger partial charge in [-0.15, -0.1) is 0 Å². The number of carbonyl (C=O) groups is 2. The quantitative estimate of drug-likeness (QED) is 0.474. The number of nitrogens with one attached hydrogen (secondary N) is 1. The average Bonchev–Trinajstić information content (AvgIpc) is 3.17. The molecule has 1 unspecified atom stereocenters. The van der Waals surface area contributed by atoms with Gasteiger partial charge >= 0.3 is 0 Å². The molecule has 7 heteroatoms. The number of rotatable bonds is 7. The first-order chi connectivity index (χ1) is 17.0. The molecule has 35 heavy (non-hydrogen) atoms. The predicted octanol–water partition coefficient (Wildman–Crippen LogP) is 4.27. The van der Waals surface area contributed by atoms with Gasteiger partial charge in [0.1, 0.15) is 0 Å². The van der Waals surface area contributed by atoms with E-state index in [1.54, 1.807) is 0 Å². The maximum atomic E-state index is 12.5. The average molecular weight is 480 g/mol. The van der Waals surface area contributed by atoms with Crippen LogP contribution >= 0.6 is 0 Å². The first kappa shape index (κ1) is 24.3. The molecule has 1 atom stereocenters. The van der Waals surface area contributed by atoms with Crippen molar-refractivity contribution in [1.82, 2.24) is 20.0 Å². The van der Waals surface area contributed by atoms with Crippen molar-refractivity contribution in [2.75, 3.05) is 37.6 Å². The number of benzene rings is 1. The van der Waals surface area contributed by atoms with E-state index in [4.69, 9.17) is 5.10 Å². The lowest BCUT2D eigenvalue weighted by molar-refractivity contribution is -0.134. The summed E-state index contributed by atoms with van der Waals surface area (Å²) in [5.74, 6) is 0.232. The van der Waals surface area contributed by atoms with Crippen molar-refractivity contribution in [1.29, 1.82) is 0 Å². The SMILES string of the molecule is Cc1cc2c(C3CCC(=O)NC3=O)nn(C)c2cc1N1CCN(CCCCC2CCCCC2)CC1. The molecule has 2 saturated heterocycles. The van der Waals surface area contributed by atoms with E-state index < -0.39 is 0 Å². The zero-order valence-electron chi connectivity index (χ0n) is 21.5. The Balaban J connectivity index is 1.19. The van der Waals surface area contributed by atoms with Crippen LogP contribution in [0.25, 0.3) is 10.9 Å². The van der Waals surface area contributed by atoms with E-state index in [1.165, 1.54) is 69.2 Å². The Bertz CT molecular complexity index is 1060. The molecular formula is C28H41N5O2. The Morgan fingerprint density at radius 2 is 1.77 bits per heavy atom. The number of piperazine rings is 1. The second kappa shape index (κ2) is 10.7. The summed E-state index contributed by atoms with van der Waals surface area (Å²) in [7, 11) is 1.95. The molecule has 0 radical (unpaired) electrons. The normalized spacial score (nSPS) is 22.7. The third kappa shape index (κ3) is 5.40. The summed E-state index contributed by atoms with van der Waals surface area (Å²) in [6, 6.07) is 4.43. The van der Waals surface area contributed by atoms with Gasteiger partial charge in [-0.2, -0.15) is 5.10 Å². The number of unbranched alkanes of at least 4 members (excludes halogenated alkanes) is 1. The molecule has 5 rings (SSSR count). The number of amides is 2. The lowest BCUT2D eigenvalue weighted by atomic mass is 9.86. The fourth-order valence-electron chi connectivity index (χ4n) is 6.44. The molecule has 0 bridgehead atoms. The third-order valence-electron chi connectivity index (χ3n) is 8.54. The molecule has 190 valence electrons. The second-order valence-electron chi connectivity index (χ2n) is 11.0. The van der Waals surface area contributed by atoms with Gasteiger partial charge in [-0.3, -0.25) is 24.5 Å². The van der Waals surface area contributed by atoms with Crippen LogP contribution in [0.4, 0.5) is 5.69 Å². The highest BCUT2D eigenvalue weighted by atomic mass is 16.2. The second-order valence-corrected chi connectivity index (χ2v) is 11.0. The van der Waals surface area contributed by atoms with Crippen LogP contribution in [0.1, 0.15) is 81.4 Å². The molecular weight excluding hydrogens is 438 g/mol. The monoisotopic (exact) mass is 479 g/mol. The van der Waals surface area contributed by atoms with Crippen LogP contribution < -0.4 is 10.2 Å². The Labute approximate surface area is 209 Å². The summed E-state index contributed by atoms with van der Waals surface area (Å²) in [6.45, 7) is 7.73. The Morgan fingerprint density at radius 3 is 2.51 bits per heavy atom. The summed E-state index contributed by atoms with van der Waals surface area (Å²) in [5, 5.41) is 8.23. The molecule has 3 aliphatic rings. The minimum atomic E-state index is -0.358. The summed E-state index contributed by atoms with van der Waals surface area (Å²) in [5.41, 5.74) is 4.34. The molecule has 1 N–H and O–H groups in total. The number of aryl methyl sites for hydroxylation is 2. The molecule has 7 nitrogen and oxygen atoms in total. The minimum absolute atomic E-state index is 0.187. The number of fused-ring (bicyclic) bond motifs is 1. The van der Waals surface area contributed by atoms with Crippen LogP contribution in [-0.2, 0) is 16.6 Å². The molecule has 0 spiro atoms. The van der Waals surface area contributed by atoms with Gasteiger partial charge in [0.15, 0.2) is 0 Å². The molecule has 2 aromatic rings. The van der Waals surface area contributed by atoms with Crippen LogP contribution in [0, 0.1) is 12.8 Å². The van der Waals surface area contributed by atoms with Crippen LogP contribution in [0.15, 0.2) is 12.1 Å². The fraction of sp³-hybridized carbons (Fsp3) is 0.679. The van der Waals surface area contributed by atoms with E-state index in [0.29, 0.717) is 12.8 Å². The van der Waals surface area contributed by atoms with E-state index in [1.807, 2.05) is 11.7 Å². The first-order valence-corrected chi connectivity index (χ1v) is 13.8. The van der Waals surface area contributed by atoms with E-state index >= 15 is 0 Å². The van der Waals surface area contributed by atoms with E-state index in [9.17, 15) is 9.59 Å². The predicted molar refractivity (Wildman–Crippen MR) is 140 cm³/mol. The lowest BCUT2D eigenvalue weighted by Crippen LogP contribution is -2.46. The highest BCUT2D eigenvalue weighted by molar-refractivity contribution is 6.02. The maximum Gasteiger partial charge on any atom is 0.235 e. The smallest absolute Gasteiger partial charge is 0.235 e. The summed E-state index contributed by atoms with van der Waals surface area (Å²) in [4.78, 5) is 29.2. The number of carbonyl (C=O) groups excluding carboxylic acids is 2. The molecule has 3 heterocycles. The largest absolute Gasteiger partial charge is 0.369 e. The van der Waals surface area contributed by atoms with Gasteiger partial charge in [0.25, 0.3) is 0 Å².